The van der Waals surface area contributed by atoms with Crippen LogP contribution in [0, 0.1) is 0 Å². The SMILES string of the molecule is CCCCOC(C)C(OCCCC)(OCCCC)[SiH](OC)C(OC)OC. The van der Waals surface area contributed by atoms with Crippen molar-refractivity contribution in [2.45, 2.75) is 83.6 Å². The Kier molecular flexibility index (Phi) is 16.0. The van der Waals surface area contributed by atoms with E-state index in [0.29, 0.717) is 19.8 Å². The van der Waals surface area contributed by atoms with Gasteiger partial charge < -0.3 is 28.1 Å². The van der Waals surface area contributed by atoms with Crippen LogP contribution in [0.15, 0.2) is 0 Å². The van der Waals surface area contributed by atoms with Crippen LogP contribution >= 0.6 is 0 Å². The number of hydrogen-bond donors (Lipinski definition) is 0. The lowest BCUT2D eigenvalue weighted by Gasteiger charge is -2.44. The van der Waals surface area contributed by atoms with E-state index in [1.54, 1.807) is 21.3 Å². The van der Waals surface area contributed by atoms with Crippen LogP contribution in [0.25, 0.3) is 0 Å². The molecule has 158 valence electrons. The molecule has 0 rings (SSSR count). The highest BCUT2D eigenvalue weighted by Crippen LogP contribution is 2.29. The average molecular weight is 395 g/mol. The fourth-order valence-corrected chi connectivity index (χ4v) is 5.30. The molecule has 2 atom stereocenters. The number of hydrogen-bond acceptors (Lipinski definition) is 6. The second kappa shape index (κ2) is 16.0. The zero-order valence-electron chi connectivity index (χ0n) is 18.0. The van der Waals surface area contributed by atoms with Gasteiger partial charge in [-0.25, -0.2) is 0 Å². The predicted molar refractivity (Wildman–Crippen MR) is 107 cm³/mol. The molecule has 0 aliphatic rings. The van der Waals surface area contributed by atoms with Gasteiger partial charge >= 0.3 is 9.04 Å². The third kappa shape index (κ3) is 8.33. The Morgan fingerprint density at radius 1 is 0.769 bits per heavy atom. The third-order valence-electron chi connectivity index (χ3n) is 4.45. The molecule has 0 saturated carbocycles. The van der Waals surface area contributed by atoms with E-state index in [4.69, 9.17) is 28.1 Å². The van der Waals surface area contributed by atoms with Crippen LogP contribution in [0.4, 0.5) is 0 Å². The second-order valence-electron chi connectivity index (χ2n) is 6.49. The minimum atomic E-state index is -2.29. The highest BCUT2D eigenvalue weighted by atomic mass is 28.3. The minimum absolute atomic E-state index is 0.271. The Bertz CT molecular complexity index is 304. The molecule has 0 spiro atoms. The maximum absolute atomic E-state index is 6.38. The van der Waals surface area contributed by atoms with Crippen LogP contribution < -0.4 is 0 Å². The van der Waals surface area contributed by atoms with Crippen LogP contribution in [-0.2, 0) is 28.1 Å². The largest absolute Gasteiger partial charge is 0.413 e. The standard InChI is InChI=1S/C19H42O6Si/c1-8-11-14-23-17(4)19(24-15-12-9-2,25-16-13-10-3)26(22-7)18(20-5)21-6/h17-18,26H,8-16H2,1-7H3. The third-order valence-corrected chi connectivity index (χ3v) is 7.59. The van der Waals surface area contributed by atoms with E-state index < -0.39 is 20.4 Å². The molecule has 2 unspecified atom stereocenters. The lowest BCUT2D eigenvalue weighted by atomic mass is 10.3. The van der Waals surface area contributed by atoms with Crippen LogP contribution in [0.3, 0.4) is 0 Å². The molecule has 7 heteroatoms. The molecule has 0 aromatic rings. The molecule has 0 bridgehead atoms. The molecule has 0 aliphatic heterocycles. The van der Waals surface area contributed by atoms with Crippen molar-refractivity contribution < 1.29 is 28.1 Å². The van der Waals surface area contributed by atoms with Crippen molar-refractivity contribution in [1.29, 1.82) is 0 Å². The normalized spacial score (nSPS) is 14.8. The first-order chi connectivity index (χ1) is 12.6. The van der Waals surface area contributed by atoms with Gasteiger partial charge in [-0.2, -0.15) is 0 Å². The lowest BCUT2D eigenvalue weighted by Crippen LogP contribution is -2.65. The molecular formula is C19H42O6Si. The first-order valence-electron chi connectivity index (χ1n) is 10.1. The minimum Gasteiger partial charge on any atom is -0.413 e. The fourth-order valence-electron chi connectivity index (χ4n) is 2.75. The Morgan fingerprint density at radius 3 is 1.62 bits per heavy atom. The van der Waals surface area contributed by atoms with Gasteiger partial charge in [-0.1, -0.05) is 40.0 Å². The van der Waals surface area contributed by atoms with Crippen molar-refractivity contribution in [3.63, 3.8) is 0 Å². The molecule has 26 heavy (non-hydrogen) atoms. The molecule has 0 aliphatic carbocycles. The van der Waals surface area contributed by atoms with Crippen LogP contribution in [-0.4, -0.2) is 67.6 Å². The summed E-state index contributed by atoms with van der Waals surface area (Å²) in [5.41, 5.74) is -0.955. The molecule has 0 aromatic carbocycles. The quantitative estimate of drug-likeness (QED) is 0.201. The van der Waals surface area contributed by atoms with Gasteiger partial charge in [0.25, 0.3) is 0 Å². The maximum atomic E-state index is 6.38. The van der Waals surface area contributed by atoms with Crippen LogP contribution in [0.5, 0.6) is 0 Å². The van der Waals surface area contributed by atoms with Gasteiger partial charge in [-0.05, 0) is 26.2 Å². The fraction of sp³-hybridized carbons (Fsp3) is 1.00. The first kappa shape index (κ1) is 26.0. The molecule has 0 saturated heterocycles. The number of ether oxygens (including phenoxy) is 5. The van der Waals surface area contributed by atoms with Gasteiger partial charge in [0.05, 0.1) is 0 Å². The molecule has 0 radical (unpaired) electrons. The number of unbranched alkanes of at least 4 members (excludes halogenated alkanes) is 3. The van der Waals surface area contributed by atoms with Crippen molar-refractivity contribution in [2.75, 3.05) is 41.2 Å². The van der Waals surface area contributed by atoms with Crippen LogP contribution in [0.1, 0.15) is 66.2 Å². The van der Waals surface area contributed by atoms with Crippen molar-refractivity contribution >= 4 is 9.04 Å². The second-order valence-corrected chi connectivity index (χ2v) is 9.15. The maximum Gasteiger partial charge on any atom is 0.305 e. The molecule has 0 aromatic heterocycles. The van der Waals surface area contributed by atoms with Gasteiger partial charge in [0.2, 0.25) is 5.41 Å². The van der Waals surface area contributed by atoms with E-state index in [9.17, 15) is 0 Å². The molecule has 0 fully saturated rings. The Hall–Kier alpha value is -0.0231. The van der Waals surface area contributed by atoms with Crippen molar-refractivity contribution in [1.82, 2.24) is 0 Å². The summed E-state index contributed by atoms with van der Waals surface area (Å²) in [6, 6.07) is 0. The van der Waals surface area contributed by atoms with E-state index in [1.807, 2.05) is 6.92 Å². The summed E-state index contributed by atoms with van der Waals surface area (Å²) in [7, 11) is 2.64. The Morgan fingerprint density at radius 2 is 1.23 bits per heavy atom. The molecule has 0 heterocycles. The predicted octanol–water partition coefficient (Wildman–Crippen LogP) is 3.59. The summed E-state index contributed by atoms with van der Waals surface area (Å²) >= 11 is 0. The summed E-state index contributed by atoms with van der Waals surface area (Å²) in [6.07, 6.45) is 5.82. The summed E-state index contributed by atoms with van der Waals surface area (Å²) in [5, 5.41) is 0. The van der Waals surface area contributed by atoms with E-state index in [-0.39, 0.29) is 6.10 Å². The zero-order chi connectivity index (χ0) is 19.8. The molecule has 6 nitrogen and oxygen atoms in total. The van der Waals surface area contributed by atoms with E-state index in [1.165, 1.54) is 0 Å². The molecule has 0 N–H and O–H groups in total. The summed E-state index contributed by atoms with van der Waals surface area (Å²) in [6.45, 7) is 10.3. The smallest absolute Gasteiger partial charge is 0.305 e. The van der Waals surface area contributed by atoms with Crippen molar-refractivity contribution in [2.24, 2.45) is 0 Å². The Labute approximate surface area is 162 Å². The average Bonchev–Trinajstić information content (AvgIpc) is 2.65. The number of methoxy groups -OCH3 is 2. The first-order valence-corrected chi connectivity index (χ1v) is 11.8. The van der Waals surface area contributed by atoms with E-state index in [0.717, 1.165) is 38.5 Å². The van der Waals surface area contributed by atoms with E-state index >= 15 is 0 Å². The van der Waals surface area contributed by atoms with Crippen molar-refractivity contribution in [3.8, 4) is 0 Å². The zero-order valence-corrected chi connectivity index (χ0v) is 19.2. The van der Waals surface area contributed by atoms with Crippen molar-refractivity contribution in [3.05, 3.63) is 0 Å². The van der Waals surface area contributed by atoms with Gasteiger partial charge in [0, 0.05) is 41.2 Å². The lowest BCUT2D eigenvalue weighted by molar-refractivity contribution is -0.253. The summed E-state index contributed by atoms with van der Waals surface area (Å²) < 4.78 is 35.9. The van der Waals surface area contributed by atoms with Gasteiger partial charge in [-0.15, -0.1) is 0 Å². The highest BCUT2D eigenvalue weighted by molar-refractivity contribution is 6.56. The molecule has 0 amide bonds. The van der Waals surface area contributed by atoms with Gasteiger partial charge in [0.1, 0.15) is 6.10 Å². The van der Waals surface area contributed by atoms with Crippen LogP contribution in [0.2, 0.25) is 0 Å². The summed E-state index contributed by atoms with van der Waals surface area (Å²) in [4.78, 5) is 0. The Balaban J connectivity index is 5.62. The topological polar surface area (TPSA) is 55.4 Å². The number of rotatable bonds is 18. The summed E-state index contributed by atoms with van der Waals surface area (Å²) in [5.74, 6) is -0.486. The monoisotopic (exact) mass is 394 g/mol. The highest BCUT2D eigenvalue weighted by Gasteiger charge is 2.53. The van der Waals surface area contributed by atoms with Gasteiger partial charge in [0.15, 0.2) is 5.91 Å². The molecular weight excluding hydrogens is 352 g/mol. The van der Waals surface area contributed by atoms with E-state index in [2.05, 4.69) is 20.8 Å². The van der Waals surface area contributed by atoms with Gasteiger partial charge in [-0.3, -0.25) is 0 Å².